The third-order valence-electron chi connectivity index (χ3n) is 4.01. The molecule has 7 heteroatoms. The molecule has 0 bridgehead atoms. The number of halogens is 2. The molecule has 128 valence electrons. The van der Waals surface area contributed by atoms with Crippen LogP contribution < -0.4 is 0 Å². The van der Waals surface area contributed by atoms with Crippen molar-refractivity contribution in [3.8, 4) is 0 Å². The van der Waals surface area contributed by atoms with Crippen molar-refractivity contribution in [1.82, 2.24) is 0 Å². The summed E-state index contributed by atoms with van der Waals surface area (Å²) in [7, 11) is 0. The second-order valence-electron chi connectivity index (χ2n) is 5.44. The maximum Gasteiger partial charge on any atom is 0.352 e. The van der Waals surface area contributed by atoms with Crippen LogP contribution in [0.15, 0.2) is 42.2 Å². The highest BCUT2D eigenvalue weighted by atomic mass is 19.2. The normalized spacial score (nSPS) is 29.8. The zero-order valence-corrected chi connectivity index (χ0v) is 13.1. The number of hydrogen-bond donors (Lipinski definition) is 1. The lowest BCUT2D eigenvalue weighted by atomic mass is 9.65. The van der Waals surface area contributed by atoms with E-state index in [1.807, 2.05) is 0 Å². The molecule has 0 aliphatic heterocycles. The Bertz CT molecular complexity index is 715. The van der Waals surface area contributed by atoms with Crippen LogP contribution in [0.5, 0.6) is 0 Å². The van der Waals surface area contributed by atoms with E-state index in [2.05, 4.69) is 4.74 Å². The number of allylic oxidation sites excluding steroid dienone is 1. The van der Waals surface area contributed by atoms with Gasteiger partial charge in [0.05, 0.1) is 12.5 Å². The van der Waals surface area contributed by atoms with Crippen LogP contribution in [-0.4, -0.2) is 40.6 Å². The zero-order valence-electron chi connectivity index (χ0n) is 13.1. The number of carbonyl (C=O) groups excluding carboxylic acids is 3. The molecule has 2 rings (SSSR count). The minimum absolute atomic E-state index is 0.126. The number of alkyl halides is 2. The van der Waals surface area contributed by atoms with Crippen molar-refractivity contribution in [1.29, 1.82) is 0 Å². The maximum atomic E-state index is 15.6. The van der Waals surface area contributed by atoms with Gasteiger partial charge in [0.25, 0.3) is 5.67 Å². The average Bonchev–Trinajstić information content (AvgIpc) is 2.54. The third kappa shape index (κ3) is 2.40. The average molecular weight is 338 g/mol. The molecule has 0 amide bonds. The van der Waals surface area contributed by atoms with Gasteiger partial charge in [-0.2, -0.15) is 0 Å². The van der Waals surface area contributed by atoms with Gasteiger partial charge in [0.1, 0.15) is 5.76 Å². The number of esters is 1. The Hall–Kier alpha value is -2.57. The molecule has 0 fully saturated rings. The van der Waals surface area contributed by atoms with E-state index in [1.54, 1.807) is 6.07 Å². The molecule has 1 N–H and O–H groups in total. The van der Waals surface area contributed by atoms with Crippen LogP contribution in [-0.2, 0) is 19.1 Å². The summed E-state index contributed by atoms with van der Waals surface area (Å²) in [6.45, 7) is 1.96. The standard InChI is InChI=1S/C17H16F2O5/c1-3-24-15(23)17(19)13(22)9-12(21)16(18,10(2)20)14(17)11-7-5-4-6-8-11/h4-9,14,22H,3H2,1-2H3/t14-,16-,17-/m1/s1. The summed E-state index contributed by atoms with van der Waals surface area (Å²) in [5.74, 6) is -7.73. The first-order valence-corrected chi connectivity index (χ1v) is 7.27. The Morgan fingerprint density at radius 1 is 1.21 bits per heavy atom. The molecule has 0 saturated carbocycles. The van der Waals surface area contributed by atoms with Crippen molar-refractivity contribution >= 4 is 17.5 Å². The number of hydrogen-bond acceptors (Lipinski definition) is 5. The molecule has 3 atom stereocenters. The molecule has 1 aliphatic rings. The molecule has 0 saturated heterocycles. The monoisotopic (exact) mass is 338 g/mol. The highest BCUT2D eigenvalue weighted by Gasteiger charge is 2.68. The zero-order chi connectivity index (χ0) is 18.1. The first-order valence-electron chi connectivity index (χ1n) is 7.27. The predicted octanol–water partition coefficient (Wildman–Crippen LogP) is 2.36. The fraction of sp³-hybridized carbons (Fsp3) is 0.353. The number of carbonyl (C=O) groups is 3. The molecule has 1 aromatic carbocycles. The van der Waals surface area contributed by atoms with E-state index in [1.165, 1.54) is 31.2 Å². The van der Waals surface area contributed by atoms with Gasteiger partial charge in [0.15, 0.2) is 5.78 Å². The maximum absolute atomic E-state index is 15.6. The van der Waals surface area contributed by atoms with E-state index in [0.29, 0.717) is 0 Å². The molecule has 0 spiro atoms. The summed E-state index contributed by atoms with van der Waals surface area (Å²) in [6.07, 6.45) is 0.234. The Balaban J connectivity index is 2.80. The van der Waals surface area contributed by atoms with Crippen molar-refractivity contribution in [2.75, 3.05) is 6.61 Å². The number of Topliss-reactive ketones (excluding diaryl/α,β-unsaturated/α-hetero) is 1. The van der Waals surface area contributed by atoms with E-state index >= 15 is 8.78 Å². The van der Waals surface area contributed by atoms with Gasteiger partial charge in [-0.1, -0.05) is 30.3 Å². The summed E-state index contributed by atoms with van der Waals surface area (Å²) < 4.78 is 35.6. The topological polar surface area (TPSA) is 80.7 Å². The van der Waals surface area contributed by atoms with Gasteiger partial charge < -0.3 is 9.84 Å². The first-order chi connectivity index (χ1) is 11.2. The van der Waals surface area contributed by atoms with Crippen LogP contribution >= 0.6 is 0 Å². The minimum Gasteiger partial charge on any atom is -0.508 e. The van der Waals surface area contributed by atoms with Crippen LogP contribution in [0.2, 0.25) is 0 Å². The highest BCUT2D eigenvalue weighted by Crippen LogP contribution is 2.50. The van der Waals surface area contributed by atoms with Gasteiger partial charge in [0, 0.05) is 6.08 Å². The highest BCUT2D eigenvalue weighted by molar-refractivity contribution is 6.17. The molecule has 1 aliphatic carbocycles. The number of ketones is 2. The van der Waals surface area contributed by atoms with E-state index in [-0.39, 0.29) is 18.2 Å². The Morgan fingerprint density at radius 3 is 2.29 bits per heavy atom. The lowest BCUT2D eigenvalue weighted by Crippen LogP contribution is -2.60. The van der Waals surface area contributed by atoms with Gasteiger partial charge in [-0.25, -0.2) is 13.6 Å². The fourth-order valence-corrected chi connectivity index (χ4v) is 2.84. The molecule has 24 heavy (non-hydrogen) atoms. The van der Waals surface area contributed by atoms with E-state index in [0.717, 1.165) is 6.92 Å². The van der Waals surface area contributed by atoms with Gasteiger partial charge in [-0.15, -0.1) is 0 Å². The third-order valence-corrected chi connectivity index (χ3v) is 4.01. The smallest absolute Gasteiger partial charge is 0.352 e. The number of aliphatic hydroxyl groups excluding tert-OH is 1. The summed E-state index contributed by atoms with van der Waals surface area (Å²) >= 11 is 0. The van der Waals surface area contributed by atoms with E-state index in [4.69, 9.17) is 0 Å². The number of aliphatic hydroxyl groups is 1. The molecule has 0 unspecified atom stereocenters. The van der Waals surface area contributed by atoms with Crippen molar-refractivity contribution in [2.45, 2.75) is 31.1 Å². The minimum atomic E-state index is -3.40. The van der Waals surface area contributed by atoms with Gasteiger partial charge >= 0.3 is 5.97 Å². The first kappa shape index (κ1) is 17.8. The molecule has 0 radical (unpaired) electrons. The van der Waals surface area contributed by atoms with Crippen molar-refractivity contribution in [3.05, 3.63) is 47.7 Å². The van der Waals surface area contributed by atoms with E-state index < -0.39 is 40.6 Å². The Morgan fingerprint density at radius 2 is 1.79 bits per heavy atom. The van der Waals surface area contributed by atoms with Gasteiger partial charge in [-0.3, -0.25) is 9.59 Å². The Kier molecular flexibility index (Phi) is 4.55. The van der Waals surface area contributed by atoms with Crippen molar-refractivity contribution in [2.24, 2.45) is 0 Å². The fourth-order valence-electron chi connectivity index (χ4n) is 2.84. The lowest BCUT2D eigenvalue weighted by molar-refractivity contribution is -0.166. The summed E-state index contributed by atoms with van der Waals surface area (Å²) in [4.78, 5) is 36.1. The molecule has 0 aromatic heterocycles. The van der Waals surface area contributed by atoms with Crippen LogP contribution in [0.1, 0.15) is 25.3 Å². The van der Waals surface area contributed by atoms with Crippen molar-refractivity contribution < 1.29 is 33.0 Å². The predicted molar refractivity (Wildman–Crippen MR) is 79.9 cm³/mol. The second-order valence-corrected chi connectivity index (χ2v) is 5.44. The molecular weight excluding hydrogens is 322 g/mol. The summed E-state index contributed by atoms with van der Waals surface area (Å²) in [6, 6.07) is 6.95. The molecule has 1 aromatic rings. The van der Waals surface area contributed by atoms with Gasteiger partial charge in [0.2, 0.25) is 11.5 Å². The molecule has 5 nitrogen and oxygen atoms in total. The lowest BCUT2D eigenvalue weighted by Gasteiger charge is -2.41. The molecule has 0 heterocycles. The number of rotatable bonds is 4. The number of ether oxygens (including phenoxy) is 1. The molecular formula is C17H16F2O5. The Labute approximate surface area is 136 Å². The van der Waals surface area contributed by atoms with Crippen LogP contribution in [0.3, 0.4) is 0 Å². The largest absolute Gasteiger partial charge is 0.508 e. The quantitative estimate of drug-likeness (QED) is 0.673. The second kappa shape index (κ2) is 6.14. The van der Waals surface area contributed by atoms with Gasteiger partial charge in [-0.05, 0) is 19.4 Å². The number of benzene rings is 1. The van der Waals surface area contributed by atoms with Crippen LogP contribution in [0, 0.1) is 0 Å². The SMILES string of the molecule is CCOC(=O)[C@@]1(F)C(O)=CC(=O)[C@](F)(C(C)=O)[C@H]1c1ccccc1. The summed E-state index contributed by atoms with van der Waals surface area (Å²) in [5.41, 5.74) is -6.86. The van der Waals surface area contributed by atoms with Crippen LogP contribution in [0.25, 0.3) is 0 Å². The summed E-state index contributed by atoms with van der Waals surface area (Å²) in [5, 5.41) is 9.93. The van der Waals surface area contributed by atoms with E-state index in [9.17, 15) is 19.5 Å². The van der Waals surface area contributed by atoms with Crippen molar-refractivity contribution in [3.63, 3.8) is 0 Å². The van der Waals surface area contributed by atoms with Crippen LogP contribution in [0.4, 0.5) is 8.78 Å².